The first-order valence-corrected chi connectivity index (χ1v) is 7.47. The van der Waals surface area contributed by atoms with Gasteiger partial charge < -0.3 is 14.6 Å². The van der Waals surface area contributed by atoms with Crippen LogP contribution in [0.25, 0.3) is 10.9 Å². The lowest BCUT2D eigenvalue weighted by molar-refractivity contribution is -0.148. The summed E-state index contributed by atoms with van der Waals surface area (Å²) < 4.78 is 7.15. The van der Waals surface area contributed by atoms with Gasteiger partial charge in [-0.1, -0.05) is 26.0 Å². The van der Waals surface area contributed by atoms with E-state index >= 15 is 0 Å². The Morgan fingerprint density at radius 3 is 2.67 bits per heavy atom. The second-order valence-electron chi connectivity index (χ2n) is 5.87. The summed E-state index contributed by atoms with van der Waals surface area (Å²) in [5.41, 5.74) is 2.32. The van der Waals surface area contributed by atoms with E-state index in [9.17, 15) is 4.79 Å². The van der Waals surface area contributed by atoms with Crippen LogP contribution < -0.4 is 5.32 Å². The van der Waals surface area contributed by atoms with Gasteiger partial charge in [-0.05, 0) is 31.5 Å². The average molecular weight is 288 g/mol. The molecule has 0 aliphatic heterocycles. The van der Waals surface area contributed by atoms with Gasteiger partial charge in [0.05, 0.1) is 6.10 Å². The fourth-order valence-corrected chi connectivity index (χ4v) is 2.33. The Morgan fingerprint density at radius 2 is 2.00 bits per heavy atom. The first-order chi connectivity index (χ1) is 9.97. The molecule has 1 aromatic carbocycles. The van der Waals surface area contributed by atoms with Gasteiger partial charge in [-0.2, -0.15) is 0 Å². The van der Waals surface area contributed by atoms with Crippen LogP contribution in [0.1, 0.15) is 33.3 Å². The first-order valence-electron chi connectivity index (χ1n) is 7.47. The molecule has 1 aromatic heterocycles. The van der Waals surface area contributed by atoms with Crippen molar-refractivity contribution in [2.75, 3.05) is 0 Å². The average Bonchev–Trinajstić information content (AvgIpc) is 2.79. The number of benzene rings is 1. The molecular weight excluding hydrogens is 264 g/mol. The molecule has 0 saturated carbocycles. The standard InChI is InChI=1S/C17H24N2O2/c1-12(2)18-10-14-6-5-7-16-15(14)8-9-19(16)11-17(20)21-13(3)4/h5-9,12-13,18H,10-11H2,1-4H3. The highest BCUT2D eigenvalue weighted by molar-refractivity contribution is 5.85. The van der Waals surface area contributed by atoms with Gasteiger partial charge in [0.2, 0.25) is 0 Å². The van der Waals surface area contributed by atoms with Crippen molar-refractivity contribution in [1.29, 1.82) is 0 Å². The number of carbonyl (C=O) groups is 1. The third-order valence-electron chi connectivity index (χ3n) is 3.27. The molecular formula is C17H24N2O2. The molecule has 4 nitrogen and oxygen atoms in total. The predicted octanol–water partition coefficient (Wildman–Crippen LogP) is 3.09. The van der Waals surface area contributed by atoms with Gasteiger partial charge in [0.25, 0.3) is 0 Å². The molecule has 114 valence electrons. The Balaban J connectivity index is 2.20. The van der Waals surface area contributed by atoms with E-state index in [1.54, 1.807) is 0 Å². The molecule has 0 unspecified atom stereocenters. The van der Waals surface area contributed by atoms with Crippen LogP contribution in [0.15, 0.2) is 30.5 Å². The van der Waals surface area contributed by atoms with E-state index in [-0.39, 0.29) is 18.6 Å². The van der Waals surface area contributed by atoms with E-state index in [1.165, 1.54) is 10.9 Å². The summed E-state index contributed by atoms with van der Waals surface area (Å²) in [6.07, 6.45) is 1.87. The van der Waals surface area contributed by atoms with Crippen molar-refractivity contribution < 1.29 is 9.53 Å². The van der Waals surface area contributed by atoms with Crippen LogP contribution in [-0.2, 0) is 22.6 Å². The second kappa shape index (κ2) is 6.76. The molecule has 2 aromatic rings. The number of esters is 1. The van der Waals surface area contributed by atoms with Crippen LogP contribution >= 0.6 is 0 Å². The van der Waals surface area contributed by atoms with E-state index in [0.29, 0.717) is 6.04 Å². The monoisotopic (exact) mass is 288 g/mol. The largest absolute Gasteiger partial charge is 0.462 e. The van der Waals surface area contributed by atoms with E-state index in [2.05, 4.69) is 31.3 Å². The van der Waals surface area contributed by atoms with Crippen molar-refractivity contribution in [3.8, 4) is 0 Å². The third kappa shape index (κ3) is 4.08. The minimum Gasteiger partial charge on any atom is -0.462 e. The predicted molar refractivity (Wildman–Crippen MR) is 85.1 cm³/mol. The van der Waals surface area contributed by atoms with Crippen LogP contribution in [0, 0.1) is 0 Å². The molecule has 0 bridgehead atoms. The Hall–Kier alpha value is -1.81. The van der Waals surface area contributed by atoms with Gasteiger partial charge in [0.1, 0.15) is 6.54 Å². The summed E-state index contributed by atoms with van der Waals surface area (Å²) >= 11 is 0. The van der Waals surface area contributed by atoms with Crippen molar-refractivity contribution in [3.05, 3.63) is 36.0 Å². The lowest BCUT2D eigenvalue weighted by Crippen LogP contribution is -2.21. The van der Waals surface area contributed by atoms with Crippen molar-refractivity contribution in [3.63, 3.8) is 0 Å². The van der Waals surface area contributed by atoms with E-state index in [1.807, 2.05) is 36.7 Å². The molecule has 21 heavy (non-hydrogen) atoms. The molecule has 0 spiro atoms. The lowest BCUT2D eigenvalue weighted by atomic mass is 10.1. The zero-order valence-corrected chi connectivity index (χ0v) is 13.2. The van der Waals surface area contributed by atoms with Gasteiger partial charge >= 0.3 is 5.97 Å². The van der Waals surface area contributed by atoms with Crippen LogP contribution in [0.5, 0.6) is 0 Å². The molecule has 0 atom stereocenters. The minimum atomic E-state index is -0.201. The highest BCUT2D eigenvalue weighted by Gasteiger charge is 2.10. The molecule has 4 heteroatoms. The number of hydrogen-bond donors (Lipinski definition) is 1. The molecule has 0 amide bonds. The Kier molecular flexibility index (Phi) is 5.02. The number of nitrogens with zero attached hydrogens (tertiary/aromatic N) is 1. The summed E-state index contributed by atoms with van der Waals surface area (Å²) in [5, 5.41) is 4.61. The van der Waals surface area contributed by atoms with Gasteiger partial charge in [0.15, 0.2) is 0 Å². The topological polar surface area (TPSA) is 43.3 Å². The van der Waals surface area contributed by atoms with Crippen LogP contribution in [-0.4, -0.2) is 22.7 Å². The zero-order valence-electron chi connectivity index (χ0n) is 13.2. The third-order valence-corrected chi connectivity index (χ3v) is 3.27. The summed E-state index contributed by atoms with van der Waals surface area (Å²) in [4.78, 5) is 11.8. The molecule has 0 saturated heterocycles. The summed E-state index contributed by atoms with van der Waals surface area (Å²) in [6.45, 7) is 9.07. The smallest absolute Gasteiger partial charge is 0.326 e. The van der Waals surface area contributed by atoms with Crippen molar-refractivity contribution >= 4 is 16.9 Å². The lowest BCUT2D eigenvalue weighted by Gasteiger charge is -2.11. The molecule has 2 rings (SSSR count). The van der Waals surface area contributed by atoms with Gasteiger partial charge in [-0.3, -0.25) is 4.79 Å². The van der Waals surface area contributed by atoms with Crippen molar-refractivity contribution in [2.24, 2.45) is 0 Å². The van der Waals surface area contributed by atoms with E-state index in [4.69, 9.17) is 4.74 Å². The van der Waals surface area contributed by atoms with Crippen LogP contribution in [0.2, 0.25) is 0 Å². The Bertz CT molecular complexity index is 614. The maximum Gasteiger partial charge on any atom is 0.326 e. The molecule has 0 aliphatic rings. The molecule has 0 fully saturated rings. The quantitative estimate of drug-likeness (QED) is 0.831. The molecule has 0 aliphatic carbocycles. The number of carbonyl (C=O) groups excluding carboxylic acids is 1. The SMILES string of the molecule is CC(C)NCc1cccc2c1ccn2CC(=O)OC(C)C. The fourth-order valence-electron chi connectivity index (χ4n) is 2.33. The minimum absolute atomic E-state index is 0.0786. The normalized spacial score (nSPS) is 11.5. The van der Waals surface area contributed by atoms with Crippen LogP contribution in [0.4, 0.5) is 0 Å². The number of ether oxygens (including phenoxy) is 1. The van der Waals surface area contributed by atoms with Gasteiger partial charge in [-0.25, -0.2) is 0 Å². The number of aromatic nitrogens is 1. The van der Waals surface area contributed by atoms with E-state index in [0.717, 1.165) is 12.1 Å². The highest BCUT2D eigenvalue weighted by atomic mass is 16.5. The summed E-state index contributed by atoms with van der Waals surface area (Å²) in [6, 6.07) is 8.70. The summed E-state index contributed by atoms with van der Waals surface area (Å²) in [7, 11) is 0. The maximum absolute atomic E-state index is 11.8. The van der Waals surface area contributed by atoms with Gasteiger partial charge in [0, 0.05) is 29.7 Å². The second-order valence-corrected chi connectivity index (χ2v) is 5.87. The molecule has 1 heterocycles. The first kappa shape index (κ1) is 15.6. The number of nitrogens with one attached hydrogen (secondary N) is 1. The van der Waals surface area contributed by atoms with E-state index < -0.39 is 0 Å². The van der Waals surface area contributed by atoms with Crippen LogP contribution in [0.3, 0.4) is 0 Å². The maximum atomic E-state index is 11.8. The van der Waals surface area contributed by atoms with Crippen molar-refractivity contribution in [1.82, 2.24) is 9.88 Å². The van der Waals surface area contributed by atoms with Crippen molar-refractivity contribution in [2.45, 2.75) is 52.9 Å². The molecule has 1 N–H and O–H groups in total. The summed E-state index contributed by atoms with van der Waals surface area (Å²) in [5.74, 6) is -0.201. The number of hydrogen-bond acceptors (Lipinski definition) is 3. The number of fused-ring (bicyclic) bond motifs is 1. The number of rotatable bonds is 6. The van der Waals surface area contributed by atoms with Gasteiger partial charge in [-0.15, -0.1) is 0 Å². The fraction of sp³-hybridized carbons (Fsp3) is 0.471. The molecule has 0 radical (unpaired) electrons. The zero-order chi connectivity index (χ0) is 15.4. The Labute approximate surface area is 126 Å². The Morgan fingerprint density at radius 1 is 1.24 bits per heavy atom. The highest BCUT2D eigenvalue weighted by Crippen LogP contribution is 2.20.